The van der Waals surface area contributed by atoms with E-state index < -0.39 is 10.0 Å². The van der Waals surface area contributed by atoms with Gasteiger partial charge in [0.2, 0.25) is 5.91 Å². The van der Waals surface area contributed by atoms with E-state index in [4.69, 9.17) is 0 Å². The summed E-state index contributed by atoms with van der Waals surface area (Å²) in [7, 11) is -3.57. The second-order valence-corrected chi connectivity index (χ2v) is 8.49. The molecular formula is C18H17N3O3S2. The molecule has 0 unspecified atom stereocenters. The van der Waals surface area contributed by atoms with Gasteiger partial charge >= 0.3 is 0 Å². The molecule has 0 fully saturated rings. The number of amides is 1. The first kappa shape index (κ1) is 18.1. The van der Waals surface area contributed by atoms with Crippen LogP contribution in [0.15, 0.2) is 64.3 Å². The summed E-state index contributed by atoms with van der Waals surface area (Å²) in [5.41, 5.74) is 2.11. The van der Waals surface area contributed by atoms with Gasteiger partial charge < -0.3 is 5.32 Å². The van der Waals surface area contributed by atoms with Crippen molar-refractivity contribution in [2.24, 2.45) is 0 Å². The molecule has 0 aliphatic heterocycles. The second kappa shape index (κ2) is 7.67. The van der Waals surface area contributed by atoms with Gasteiger partial charge in [0.1, 0.15) is 10.0 Å². The molecule has 0 atom stereocenters. The number of carbonyl (C=O) groups is 1. The highest BCUT2D eigenvalue weighted by atomic mass is 32.2. The standard InChI is InChI=1S/C18H17N3O3S2/c1-13-4-2-10-19-18(13)20-16(22)12-14-6-8-15(9-7-14)21-26(23,24)17-5-3-11-25-17/h2-11,21H,12H2,1H3,(H,19,20,22). The van der Waals surface area contributed by atoms with Crippen molar-refractivity contribution in [3.05, 3.63) is 71.2 Å². The molecule has 134 valence electrons. The molecule has 0 spiro atoms. The molecule has 1 aromatic carbocycles. The molecule has 3 rings (SSSR count). The summed E-state index contributed by atoms with van der Waals surface area (Å²) < 4.78 is 27.2. The number of benzene rings is 1. The van der Waals surface area contributed by atoms with Crippen LogP contribution < -0.4 is 10.0 Å². The van der Waals surface area contributed by atoms with Gasteiger partial charge in [-0.1, -0.05) is 24.3 Å². The number of rotatable bonds is 6. The van der Waals surface area contributed by atoms with Crippen molar-refractivity contribution < 1.29 is 13.2 Å². The van der Waals surface area contributed by atoms with Crippen LogP contribution in [-0.2, 0) is 21.2 Å². The number of nitrogens with zero attached hydrogens (tertiary/aromatic N) is 1. The van der Waals surface area contributed by atoms with Crippen LogP contribution in [-0.4, -0.2) is 19.3 Å². The first-order chi connectivity index (χ1) is 12.4. The number of hydrogen-bond donors (Lipinski definition) is 2. The fourth-order valence-corrected chi connectivity index (χ4v) is 4.34. The smallest absolute Gasteiger partial charge is 0.271 e. The molecule has 1 amide bonds. The largest absolute Gasteiger partial charge is 0.310 e. The molecule has 0 radical (unpaired) electrons. The van der Waals surface area contributed by atoms with E-state index in [1.165, 1.54) is 0 Å². The first-order valence-corrected chi connectivity index (χ1v) is 10.2. The van der Waals surface area contributed by atoms with Crippen molar-refractivity contribution >= 4 is 38.8 Å². The lowest BCUT2D eigenvalue weighted by atomic mass is 10.1. The minimum Gasteiger partial charge on any atom is -0.310 e. The van der Waals surface area contributed by atoms with Gasteiger partial charge in [0.05, 0.1) is 6.42 Å². The van der Waals surface area contributed by atoms with Gasteiger partial charge in [-0.2, -0.15) is 0 Å². The maximum absolute atomic E-state index is 12.2. The normalized spacial score (nSPS) is 11.1. The van der Waals surface area contributed by atoms with Crippen LogP contribution >= 0.6 is 11.3 Å². The number of sulfonamides is 1. The van der Waals surface area contributed by atoms with Crippen molar-refractivity contribution in [2.75, 3.05) is 10.0 Å². The zero-order valence-electron chi connectivity index (χ0n) is 14.0. The van der Waals surface area contributed by atoms with Gasteiger partial charge in [-0.05, 0) is 47.7 Å². The summed E-state index contributed by atoms with van der Waals surface area (Å²) in [4.78, 5) is 16.3. The summed E-state index contributed by atoms with van der Waals surface area (Å²) >= 11 is 1.15. The van der Waals surface area contributed by atoms with E-state index in [1.807, 2.05) is 13.0 Å². The van der Waals surface area contributed by atoms with Crippen LogP contribution in [0.2, 0.25) is 0 Å². The molecule has 6 nitrogen and oxygen atoms in total. The Morgan fingerprint density at radius 3 is 2.54 bits per heavy atom. The number of anilines is 2. The number of aryl methyl sites for hydroxylation is 1. The monoisotopic (exact) mass is 387 g/mol. The fourth-order valence-electron chi connectivity index (χ4n) is 2.29. The first-order valence-electron chi connectivity index (χ1n) is 7.81. The summed E-state index contributed by atoms with van der Waals surface area (Å²) in [6, 6.07) is 13.6. The lowest BCUT2D eigenvalue weighted by molar-refractivity contribution is -0.115. The number of pyridine rings is 1. The van der Waals surface area contributed by atoms with Crippen molar-refractivity contribution in [1.82, 2.24) is 4.98 Å². The Labute approximate surface area is 156 Å². The lowest BCUT2D eigenvalue weighted by Crippen LogP contribution is -2.16. The third kappa shape index (κ3) is 4.47. The van der Waals surface area contributed by atoms with Crippen molar-refractivity contribution in [3.8, 4) is 0 Å². The SMILES string of the molecule is Cc1cccnc1NC(=O)Cc1ccc(NS(=O)(=O)c2cccs2)cc1. The summed E-state index contributed by atoms with van der Waals surface area (Å²) in [6.07, 6.45) is 1.80. The van der Waals surface area contributed by atoms with Gasteiger partial charge in [0.15, 0.2) is 0 Å². The number of carbonyl (C=O) groups excluding carboxylic acids is 1. The van der Waals surface area contributed by atoms with Crippen LogP contribution in [0.25, 0.3) is 0 Å². The Balaban J connectivity index is 1.63. The van der Waals surface area contributed by atoms with Crippen LogP contribution in [0.3, 0.4) is 0 Å². The Morgan fingerprint density at radius 2 is 1.88 bits per heavy atom. The minimum atomic E-state index is -3.57. The highest BCUT2D eigenvalue weighted by Crippen LogP contribution is 2.20. The summed E-state index contributed by atoms with van der Waals surface area (Å²) in [6.45, 7) is 1.87. The van der Waals surface area contributed by atoms with E-state index in [0.29, 0.717) is 11.5 Å². The summed E-state index contributed by atoms with van der Waals surface area (Å²) in [5, 5.41) is 4.48. The highest BCUT2D eigenvalue weighted by molar-refractivity contribution is 7.94. The lowest BCUT2D eigenvalue weighted by Gasteiger charge is -2.09. The Bertz CT molecular complexity index is 998. The van der Waals surface area contributed by atoms with Crippen LogP contribution in [0, 0.1) is 6.92 Å². The van der Waals surface area contributed by atoms with Crippen molar-refractivity contribution in [2.45, 2.75) is 17.6 Å². The molecule has 8 heteroatoms. The van der Waals surface area contributed by atoms with Gasteiger partial charge in [0.25, 0.3) is 10.0 Å². The van der Waals surface area contributed by atoms with E-state index in [-0.39, 0.29) is 16.5 Å². The van der Waals surface area contributed by atoms with Gasteiger partial charge in [-0.15, -0.1) is 11.3 Å². The van der Waals surface area contributed by atoms with E-state index in [2.05, 4.69) is 15.0 Å². The minimum absolute atomic E-state index is 0.175. The maximum atomic E-state index is 12.2. The van der Waals surface area contributed by atoms with E-state index in [0.717, 1.165) is 22.5 Å². The van der Waals surface area contributed by atoms with Gasteiger partial charge in [-0.25, -0.2) is 13.4 Å². The third-order valence-electron chi connectivity index (χ3n) is 3.60. The Morgan fingerprint density at radius 1 is 1.12 bits per heavy atom. The van der Waals surface area contributed by atoms with Crippen LogP contribution in [0.1, 0.15) is 11.1 Å². The zero-order valence-corrected chi connectivity index (χ0v) is 15.6. The van der Waals surface area contributed by atoms with Gasteiger partial charge in [-0.3, -0.25) is 9.52 Å². The van der Waals surface area contributed by atoms with E-state index >= 15 is 0 Å². The molecule has 0 aliphatic carbocycles. The highest BCUT2D eigenvalue weighted by Gasteiger charge is 2.15. The molecule has 0 saturated heterocycles. The Hall–Kier alpha value is -2.71. The fraction of sp³-hybridized carbons (Fsp3) is 0.111. The maximum Gasteiger partial charge on any atom is 0.271 e. The van der Waals surface area contributed by atoms with Crippen LogP contribution in [0.5, 0.6) is 0 Å². The molecule has 3 aromatic rings. The van der Waals surface area contributed by atoms with Crippen molar-refractivity contribution in [1.29, 1.82) is 0 Å². The molecule has 0 saturated carbocycles. The average molecular weight is 387 g/mol. The molecule has 2 N–H and O–H groups in total. The average Bonchev–Trinajstić information content (AvgIpc) is 3.14. The molecule has 0 bridgehead atoms. The number of thiophene rings is 1. The third-order valence-corrected chi connectivity index (χ3v) is 6.38. The topological polar surface area (TPSA) is 88.2 Å². The second-order valence-electron chi connectivity index (χ2n) is 5.63. The molecule has 2 heterocycles. The molecule has 26 heavy (non-hydrogen) atoms. The van der Waals surface area contributed by atoms with E-state index in [9.17, 15) is 13.2 Å². The van der Waals surface area contributed by atoms with Crippen LogP contribution in [0.4, 0.5) is 11.5 Å². The predicted octanol–water partition coefficient (Wildman–Crippen LogP) is 3.43. The number of hydrogen-bond acceptors (Lipinski definition) is 5. The Kier molecular flexibility index (Phi) is 5.34. The summed E-state index contributed by atoms with van der Waals surface area (Å²) in [5.74, 6) is 0.358. The number of nitrogens with one attached hydrogen (secondary N) is 2. The predicted molar refractivity (Wildman–Crippen MR) is 103 cm³/mol. The number of aromatic nitrogens is 1. The zero-order chi connectivity index (χ0) is 18.6. The van der Waals surface area contributed by atoms with E-state index in [1.54, 1.807) is 54.0 Å². The van der Waals surface area contributed by atoms with Crippen molar-refractivity contribution in [3.63, 3.8) is 0 Å². The molecule has 0 aliphatic rings. The quantitative estimate of drug-likeness (QED) is 0.678. The van der Waals surface area contributed by atoms with Gasteiger partial charge in [0, 0.05) is 11.9 Å². The molecule has 2 aromatic heterocycles. The molecular weight excluding hydrogens is 370 g/mol.